The van der Waals surface area contributed by atoms with Crippen LogP contribution in [0.25, 0.3) is 6.08 Å². The molecule has 0 spiro atoms. The molecule has 2 rings (SSSR count). The average molecular weight is 259 g/mol. The van der Waals surface area contributed by atoms with E-state index in [0.29, 0.717) is 6.54 Å². The number of carbonyl (C=O) groups excluding carboxylic acids is 1. The highest BCUT2D eigenvalue weighted by molar-refractivity contribution is 5.94. The predicted molar refractivity (Wildman–Crippen MR) is 76.7 cm³/mol. The molecule has 0 radical (unpaired) electrons. The Morgan fingerprint density at radius 2 is 1.89 bits per heavy atom. The summed E-state index contributed by atoms with van der Waals surface area (Å²) in [6.45, 7) is 2.83. The summed E-state index contributed by atoms with van der Waals surface area (Å²) in [5, 5.41) is 0. The molecule has 0 saturated carbocycles. The maximum Gasteiger partial charge on any atom is 0.335 e. The molecule has 3 heteroatoms. The highest BCUT2D eigenvalue weighted by Crippen LogP contribution is 2.14. The lowest BCUT2D eigenvalue weighted by atomic mass is 10.1. The first-order chi connectivity index (χ1) is 9.29. The maximum atomic E-state index is 11.9. The Labute approximate surface area is 114 Å². The number of nitrogens with zero attached hydrogens (tertiary/aromatic N) is 1. The van der Waals surface area contributed by atoms with Crippen LogP contribution in [-0.4, -0.2) is 37.6 Å². The van der Waals surface area contributed by atoms with Crippen LogP contribution < -0.4 is 0 Å². The van der Waals surface area contributed by atoms with E-state index in [0.717, 1.165) is 24.2 Å². The lowest BCUT2D eigenvalue weighted by molar-refractivity contribution is -0.136. The second-order valence-electron chi connectivity index (χ2n) is 4.91. The van der Waals surface area contributed by atoms with E-state index >= 15 is 0 Å². The van der Waals surface area contributed by atoms with Crippen LogP contribution in [0.3, 0.4) is 0 Å². The number of hydrogen-bond donors (Lipinski definition) is 0. The molecule has 1 fully saturated rings. The molecule has 0 amide bonds. The smallest absolute Gasteiger partial charge is 0.335 e. The van der Waals surface area contributed by atoms with Gasteiger partial charge in [0.15, 0.2) is 0 Å². The Morgan fingerprint density at radius 3 is 2.53 bits per heavy atom. The standard InChI is InChI=1S/C16H21NO2/c1-19-16(18)15(12-14-8-4-2-5-9-14)13-17-10-6-3-7-11-17/h2,4-5,8-9,12H,3,6-7,10-11,13H2,1H3/b15-12-. The second kappa shape index (κ2) is 7.10. The predicted octanol–water partition coefficient (Wildman–Crippen LogP) is 2.73. The van der Waals surface area contributed by atoms with Crippen molar-refractivity contribution in [1.82, 2.24) is 4.90 Å². The molecule has 1 aromatic rings. The largest absolute Gasteiger partial charge is 0.466 e. The monoisotopic (exact) mass is 259 g/mol. The molecule has 0 atom stereocenters. The van der Waals surface area contributed by atoms with Crippen LogP contribution in [0.1, 0.15) is 24.8 Å². The molecule has 19 heavy (non-hydrogen) atoms. The molecule has 102 valence electrons. The molecule has 1 aliphatic rings. The molecule has 0 aromatic heterocycles. The van der Waals surface area contributed by atoms with Gasteiger partial charge in [0.1, 0.15) is 0 Å². The number of hydrogen-bond acceptors (Lipinski definition) is 3. The van der Waals surface area contributed by atoms with Gasteiger partial charge in [0.05, 0.1) is 12.7 Å². The minimum atomic E-state index is -0.227. The Balaban J connectivity index is 2.11. The molecule has 3 nitrogen and oxygen atoms in total. The first-order valence-electron chi connectivity index (χ1n) is 6.86. The summed E-state index contributed by atoms with van der Waals surface area (Å²) in [5.41, 5.74) is 1.77. The van der Waals surface area contributed by atoms with E-state index in [1.54, 1.807) is 0 Å². The molecule has 1 aromatic carbocycles. The summed E-state index contributed by atoms with van der Waals surface area (Å²) >= 11 is 0. The molecule has 1 saturated heterocycles. The lowest BCUT2D eigenvalue weighted by Gasteiger charge is -2.26. The number of methoxy groups -OCH3 is 1. The number of rotatable bonds is 4. The van der Waals surface area contributed by atoms with Gasteiger partial charge >= 0.3 is 5.97 Å². The minimum Gasteiger partial charge on any atom is -0.466 e. The Kier molecular flexibility index (Phi) is 5.16. The summed E-state index contributed by atoms with van der Waals surface area (Å²) in [6.07, 6.45) is 5.67. The van der Waals surface area contributed by atoms with Crippen LogP contribution in [-0.2, 0) is 9.53 Å². The van der Waals surface area contributed by atoms with Gasteiger partial charge in [-0.3, -0.25) is 4.90 Å². The van der Waals surface area contributed by atoms with Crippen molar-refractivity contribution in [3.05, 3.63) is 41.5 Å². The number of piperidine rings is 1. The molecule has 1 heterocycles. The van der Waals surface area contributed by atoms with Crippen molar-refractivity contribution in [1.29, 1.82) is 0 Å². The quantitative estimate of drug-likeness (QED) is 0.615. The van der Waals surface area contributed by atoms with Crippen LogP contribution >= 0.6 is 0 Å². The van der Waals surface area contributed by atoms with Gasteiger partial charge < -0.3 is 4.74 Å². The van der Waals surface area contributed by atoms with E-state index in [2.05, 4.69) is 4.90 Å². The summed E-state index contributed by atoms with van der Waals surface area (Å²) in [4.78, 5) is 14.2. The van der Waals surface area contributed by atoms with Gasteiger partial charge in [-0.15, -0.1) is 0 Å². The van der Waals surface area contributed by atoms with Gasteiger partial charge in [0.2, 0.25) is 0 Å². The number of esters is 1. The third kappa shape index (κ3) is 4.21. The Hall–Kier alpha value is -1.61. The van der Waals surface area contributed by atoms with Crippen molar-refractivity contribution in [2.24, 2.45) is 0 Å². The van der Waals surface area contributed by atoms with Crippen LogP contribution in [0.15, 0.2) is 35.9 Å². The highest BCUT2D eigenvalue weighted by Gasteiger charge is 2.16. The summed E-state index contributed by atoms with van der Waals surface area (Å²) in [6, 6.07) is 9.92. The van der Waals surface area contributed by atoms with Crippen molar-refractivity contribution < 1.29 is 9.53 Å². The van der Waals surface area contributed by atoms with E-state index in [1.165, 1.54) is 26.4 Å². The molecular weight excluding hydrogens is 238 g/mol. The van der Waals surface area contributed by atoms with Crippen LogP contribution in [0, 0.1) is 0 Å². The summed E-state index contributed by atoms with van der Waals surface area (Å²) < 4.78 is 4.89. The first-order valence-corrected chi connectivity index (χ1v) is 6.86. The number of ether oxygens (including phenoxy) is 1. The van der Waals surface area contributed by atoms with Crippen molar-refractivity contribution in [2.45, 2.75) is 19.3 Å². The second-order valence-corrected chi connectivity index (χ2v) is 4.91. The lowest BCUT2D eigenvalue weighted by Crippen LogP contribution is -2.33. The molecule has 0 unspecified atom stereocenters. The zero-order chi connectivity index (χ0) is 13.5. The number of benzene rings is 1. The fourth-order valence-corrected chi connectivity index (χ4v) is 2.41. The van der Waals surface area contributed by atoms with Crippen molar-refractivity contribution in [3.8, 4) is 0 Å². The van der Waals surface area contributed by atoms with Crippen molar-refractivity contribution in [3.63, 3.8) is 0 Å². The average Bonchev–Trinajstić information content (AvgIpc) is 2.48. The fourth-order valence-electron chi connectivity index (χ4n) is 2.41. The van der Waals surface area contributed by atoms with E-state index in [4.69, 9.17) is 4.74 Å². The van der Waals surface area contributed by atoms with Crippen LogP contribution in [0.5, 0.6) is 0 Å². The third-order valence-corrected chi connectivity index (χ3v) is 3.43. The molecule has 0 aliphatic carbocycles. The Morgan fingerprint density at radius 1 is 1.21 bits per heavy atom. The summed E-state index contributed by atoms with van der Waals surface area (Å²) in [7, 11) is 1.44. The molecule has 0 bridgehead atoms. The minimum absolute atomic E-state index is 0.227. The van der Waals surface area contributed by atoms with E-state index in [1.807, 2.05) is 36.4 Å². The fraction of sp³-hybridized carbons (Fsp3) is 0.438. The highest BCUT2D eigenvalue weighted by atomic mass is 16.5. The first kappa shape index (κ1) is 13.8. The van der Waals surface area contributed by atoms with Gasteiger partial charge in [0, 0.05) is 6.54 Å². The van der Waals surface area contributed by atoms with Crippen molar-refractivity contribution in [2.75, 3.05) is 26.7 Å². The van der Waals surface area contributed by atoms with Crippen LogP contribution in [0.4, 0.5) is 0 Å². The summed E-state index contributed by atoms with van der Waals surface area (Å²) in [5.74, 6) is -0.227. The molecular formula is C16H21NO2. The van der Waals surface area contributed by atoms with E-state index < -0.39 is 0 Å². The van der Waals surface area contributed by atoms with Gasteiger partial charge in [0.25, 0.3) is 0 Å². The van der Waals surface area contributed by atoms with Crippen molar-refractivity contribution >= 4 is 12.0 Å². The SMILES string of the molecule is COC(=O)/C(=C\c1ccccc1)CN1CCCCC1. The van der Waals surface area contributed by atoms with Gasteiger partial charge in [-0.1, -0.05) is 36.8 Å². The molecule has 1 aliphatic heterocycles. The van der Waals surface area contributed by atoms with Crippen LogP contribution in [0.2, 0.25) is 0 Å². The van der Waals surface area contributed by atoms with E-state index in [-0.39, 0.29) is 5.97 Å². The van der Waals surface area contributed by atoms with Gasteiger partial charge in [-0.05, 0) is 37.6 Å². The zero-order valence-corrected chi connectivity index (χ0v) is 11.5. The Bertz CT molecular complexity index is 433. The molecule has 0 N–H and O–H groups in total. The number of likely N-dealkylation sites (tertiary alicyclic amines) is 1. The number of carbonyl (C=O) groups is 1. The van der Waals surface area contributed by atoms with Gasteiger partial charge in [-0.25, -0.2) is 4.79 Å². The normalized spacial score (nSPS) is 17.2. The zero-order valence-electron chi connectivity index (χ0n) is 11.5. The third-order valence-electron chi connectivity index (χ3n) is 3.43. The van der Waals surface area contributed by atoms with Gasteiger partial charge in [-0.2, -0.15) is 0 Å². The topological polar surface area (TPSA) is 29.5 Å². The van der Waals surface area contributed by atoms with E-state index in [9.17, 15) is 4.79 Å². The maximum absolute atomic E-state index is 11.9.